The van der Waals surface area contributed by atoms with Gasteiger partial charge in [-0.1, -0.05) is 90.9 Å². The van der Waals surface area contributed by atoms with E-state index in [-0.39, 0.29) is 18.2 Å². The quantitative estimate of drug-likeness (QED) is 0.149. The van der Waals surface area contributed by atoms with Gasteiger partial charge in [0.2, 0.25) is 0 Å². The first-order valence-corrected chi connectivity index (χ1v) is 16.1. The third-order valence-electron chi connectivity index (χ3n) is 7.29. The number of unbranched alkanes of at least 4 members (excludes halogenated alkanes) is 13. The predicted molar refractivity (Wildman–Crippen MR) is 148 cm³/mol. The first-order valence-electron chi connectivity index (χ1n) is 14.5. The molecule has 1 N–H and O–H groups in total. The van der Waals surface area contributed by atoms with Crippen LogP contribution in [-0.4, -0.2) is 88.0 Å². The van der Waals surface area contributed by atoms with E-state index in [9.17, 15) is 18.3 Å². The fraction of sp³-hybridized carbons (Fsp3) is 0.964. The molecule has 0 aliphatic carbocycles. The Hall–Kier alpha value is -0.700. The van der Waals surface area contributed by atoms with Gasteiger partial charge in [-0.15, -0.1) is 0 Å². The van der Waals surface area contributed by atoms with Crippen molar-refractivity contribution in [2.45, 2.75) is 104 Å². The lowest BCUT2D eigenvalue weighted by Crippen LogP contribution is -2.45. The summed E-state index contributed by atoms with van der Waals surface area (Å²) in [6.45, 7) is 7.55. The zero-order chi connectivity index (χ0) is 27.7. The Kier molecular flexibility index (Phi) is 18.2. The Morgan fingerprint density at radius 2 is 1.28 bits per heavy atom. The highest BCUT2D eigenvalue weighted by atomic mass is 32.2. The zero-order valence-corrected chi connectivity index (χ0v) is 25.3. The number of quaternary nitrogens is 2. The molecule has 1 saturated heterocycles. The molecule has 1 heterocycles. The normalized spacial score (nSPS) is 22.3. The average molecular weight is 536 g/mol. The Bertz CT molecular complexity index is 678. The van der Waals surface area contributed by atoms with Crippen LogP contribution in [-0.2, 0) is 14.9 Å². The number of rotatable bonds is 19. The van der Waals surface area contributed by atoms with E-state index < -0.39 is 16.1 Å². The van der Waals surface area contributed by atoms with Crippen LogP contribution in [0.15, 0.2) is 0 Å². The van der Waals surface area contributed by atoms with Crippen molar-refractivity contribution in [3.8, 4) is 0 Å². The highest BCUT2D eigenvalue weighted by molar-refractivity contribution is 7.85. The van der Waals surface area contributed by atoms with Gasteiger partial charge in [-0.05, 0) is 12.8 Å². The van der Waals surface area contributed by atoms with Crippen molar-refractivity contribution < 1.29 is 31.8 Å². The van der Waals surface area contributed by atoms with Crippen LogP contribution in [0.1, 0.15) is 104 Å². The Morgan fingerprint density at radius 1 is 0.861 bits per heavy atom. The minimum absolute atomic E-state index is 0.0687. The maximum atomic E-state index is 11.2. The monoisotopic (exact) mass is 535 g/mol. The van der Waals surface area contributed by atoms with Gasteiger partial charge in [-0.3, -0.25) is 4.55 Å². The van der Waals surface area contributed by atoms with Crippen molar-refractivity contribution in [2.75, 3.05) is 60.1 Å². The molecule has 0 radical (unpaired) electrons. The molecule has 8 heteroatoms. The van der Waals surface area contributed by atoms with Crippen molar-refractivity contribution in [1.29, 1.82) is 0 Å². The summed E-state index contributed by atoms with van der Waals surface area (Å²) in [5, 5.41) is 9.89. The van der Waals surface area contributed by atoms with Crippen LogP contribution < -0.4 is 5.11 Å². The second-order valence-electron chi connectivity index (χ2n) is 12.6. The van der Waals surface area contributed by atoms with Gasteiger partial charge in [0, 0.05) is 11.8 Å². The standard InChI is InChI=1S/C23H47NO3S.C5H11NO2/c1-4-5-6-7-8-9-10-11-12-13-14-15-16-17-18-24(3)19-22(2)23(20-24)21-28(25,26)27;1-6(2,3)4-5(7)8/h22-23H,4-21H2,1-3H3;4H2,1-3H3/p+1. The van der Waals surface area contributed by atoms with E-state index in [1.807, 2.05) is 0 Å². The molecule has 0 aromatic heterocycles. The van der Waals surface area contributed by atoms with Crippen molar-refractivity contribution in [1.82, 2.24) is 0 Å². The molecule has 36 heavy (non-hydrogen) atoms. The molecule has 0 aromatic carbocycles. The third kappa shape index (κ3) is 21.4. The highest BCUT2D eigenvalue weighted by Crippen LogP contribution is 2.29. The Morgan fingerprint density at radius 3 is 1.61 bits per heavy atom. The molecule has 1 rings (SSSR count). The molecule has 3 unspecified atom stereocenters. The first-order chi connectivity index (χ1) is 16.7. The average Bonchev–Trinajstić information content (AvgIpc) is 2.98. The molecule has 216 valence electrons. The highest BCUT2D eigenvalue weighted by Gasteiger charge is 2.41. The van der Waals surface area contributed by atoms with Gasteiger partial charge in [0.05, 0.1) is 59.5 Å². The van der Waals surface area contributed by atoms with Crippen molar-refractivity contribution >= 4 is 16.1 Å². The second kappa shape index (κ2) is 18.5. The number of hydrogen-bond acceptors (Lipinski definition) is 4. The van der Waals surface area contributed by atoms with E-state index in [0.717, 1.165) is 24.1 Å². The molecule has 0 saturated carbocycles. The van der Waals surface area contributed by atoms with Crippen LogP contribution in [0, 0.1) is 11.8 Å². The van der Waals surface area contributed by atoms with Crippen LogP contribution in [0.5, 0.6) is 0 Å². The van der Waals surface area contributed by atoms with Gasteiger partial charge >= 0.3 is 0 Å². The molecular formula is C28H59N2O5S+. The lowest BCUT2D eigenvalue weighted by atomic mass is 10.0. The van der Waals surface area contributed by atoms with Gasteiger partial charge in [0.25, 0.3) is 10.1 Å². The largest absolute Gasteiger partial charge is 0.544 e. The van der Waals surface area contributed by atoms with Crippen molar-refractivity contribution in [3.05, 3.63) is 0 Å². The number of likely N-dealkylation sites (N-methyl/N-ethyl adjacent to an activating group) is 1. The van der Waals surface area contributed by atoms with Gasteiger partial charge in [-0.25, -0.2) is 0 Å². The summed E-state index contributed by atoms with van der Waals surface area (Å²) < 4.78 is 32.9. The number of carbonyl (C=O) groups is 1. The van der Waals surface area contributed by atoms with E-state index in [0.29, 0.717) is 10.4 Å². The summed E-state index contributed by atoms with van der Waals surface area (Å²) in [4.78, 5) is 9.89. The fourth-order valence-corrected chi connectivity index (χ4v) is 6.39. The smallest absolute Gasteiger partial charge is 0.265 e. The minimum atomic E-state index is -3.85. The zero-order valence-electron chi connectivity index (χ0n) is 24.5. The van der Waals surface area contributed by atoms with Gasteiger partial charge in [0.15, 0.2) is 0 Å². The molecule has 1 aliphatic rings. The maximum Gasteiger partial charge on any atom is 0.265 e. The number of nitrogens with zero attached hydrogens (tertiary/aromatic N) is 2. The molecule has 0 spiro atoms. The molecule has 7 nitrogen and oxygen atoms in total. The lowest BCUT2D eigenvalue weighted by molar-refractivity contribution is -0.900. The number of hydrogen-bond donors (Lipinski definition) is 1. The summed E-state index contributed by atoms with van der Waals surface area (Å²) in [6.07, 6.45) is 19.3. The molecule has 0 amide bonds. The number of carboxylic acid groups (broad SMARTS) is 1. The van der Waals surface area contributed by atoms with Crippen molar-refractivity contribution in [3.63, 3.8) is 0 Å². The number of carbonyl (C=O) groups excluding carboxylic acids is 1. The van der Waals surface area contributed by atoms with E-state index in [1.165, 1.54) is 89.9 Å². The molecule has 1 aliphatic heterocycles. The summed E-state index contributed by atoms with van der Waals surface area (Å²) in [5.41, 5.74) is 0. The number of carboxylic acids is 1. The van der Waals surface area contributed by atoms with E-state index >= 15 is 0 Å². The first kappa shape index (κ1) is 35.3. The number of likely N-dealkylation sites (tertiary alicyclic amines) is 1. The fourth-order valence-electron chi connectivity index (χ4n) is 5.41. The molecule has 0 bridgehead atoms. The lowest BCUT2D eigenvalue weighted by Gasteiger charge is -2.30. The van der Waals surface area contributed by atoms with E-state index in [1.54, 1.807) is 21.1 Å². The van der Waals surface area contributed by atoms with Crippen LogP contribution in [0.3, 0.4) is 0 Å². The Balaban J connectivity index is 0.00000131. The van der Waals surface area contributed by atoms with Gasteiger partial charge in [-0.2, -0.15) is 8.42 Å². The third-order valence-corrected chi connectivity index (χ3v) is 8.14. The van der Waals surface area contributed by atoms with Crippen LogP contribution in [0.25, 0.3) is 0 Å². The maximum absolute atomic E-state index is 11.2. The van der Waals surface area contributed by atoms with Crippen LogP contribution >= 0.6 is 0 Å². The van der Waals surface area contributed by atoms with Gasteiger partial charge < -0.3 is 18.9 Å². The van der Waals surface area contributed by atoms with E-state index in [4.69, 9.17) is 4.55 Å². The molecule has 3 atom stereocenters. The molecule has 0 aromatic rings. The van der Waals surface area contributed by atoms with E-state index in [2.05, 4.69) is 20.9 Å². The summed E-state index contributed by atoms with van der Waals surface area (Å²) in [5.74, 6) is -0.594. The topological polar surface area (TPSA) is 94.5 Å². The van der Waals surface area contributed by atoms with Crippen LogP contribution in [0.2, 0.25) is 0 Å². The summed E-state index contributed by atoms with van der Waals surface area (Å²) >= 11 is 0. The second-order valence-corrected chi connectivity index (χ2v) is 14.1. The molecule has 1 fully saturated rings. The minimum Gasteiger partial charge on any atom is -0.544 e. The summed E-state index contributed by atoms with van der Waals surface area (Å²) in [6, 6.07) is 0. The number of aliphatic carboxylic acids is 1. The molecular weight excluding hydrogens is 476 g/mol. The SMILES string of the molecule is CCCCCCCCCCCCCCCC[N+]1(C)CC(C)C(CS(=O)(=O)O)C1.C[N+](C)(C)CC(=O)[O-]. The predicted octanol–water partition coefficient (Wildman–Crippen LogP) is 4.51. The van der Waals surface area contributed by atoms with Crippen LogP contribution in [0.4, 0.5) is 0 Å². The Labute approximate surface area is 223 Å². The van der Waals surface area contributed by atoms with Crippen molar-refractivity contribution in [2.24, 2.45) is 11.8 Å². The van der Waals surface area contributed by atoms with Gasteiger partial charge in [0.1, 0.15) is 6.54 Å². The summed E-state index contributed by atoms with van der Waals surface area (Å²) in [7, 11) is 3.81.